The fraction of sp³-hybridized carbons (Fsp3) is 0.786. The van der Waals surface area contributed by atoms with Crippen molar-refractivity contribution in [1.82, 2.24) is 9.78 Å². The van der Waals surface area contributed by atoms with Crippen LogP contribution in [0.5, 0.6) is 0 Å². The van der Waals surface area contributed by atoms with E-state index < -0.39 is 6.10 Å². The average molecular weight is 331 g/mol. The second kappa shape index (κ2) is 6.86. The highest BCUT2D eigenvalue weighted by Crippen LogP contribution is 2.39. The number of aliphatic hydroxyl groups excluding tert-OH is 1. The molecule has 1 saturated carbocycles. The van der Waals surface area contributed by atoms with Crippen molar-refractivity contribution in [3.8, 4) is 0 Å². The van der Waals surface area contributed by atoms with E-state index in [1.54, 1.807) is 13.3 Å². The largest absolute Gasteiger partial charge is 0.386 e. The molecule has 0 bridgehead atoms. The molecule has 1 aromatic rings. The Morgan fingerprint density at radius 2 is 2.37 bits per heavy atom. The van der Waals surface area contributed by atoms with E-state index in [0.29, 0.717) is 25.0 Å². The lowest BCUT2D eigenvalue weighted by molar-refractivity contribution is 0.0618. The van der Waals surface area contributed by atoms with Crippen LogP contribution in [0.4, 0.5) is 0 Å². The number of methoxy groups -OCH3 is 1. The molecular weight excluding hydrogens is 308 g/mol. The average Bonchev–Trinajstić information content (AvgIpc) is 2.76. The van der Waals surface area contributed by atoms with E-state index in [1.807, 2.05) is 4.68 Å². The quantitative estimate of drug-likeness (QED) is 0.902. The molecule has 0 aromatic carbocycles. The van der Waals surface area contributed by atoms with E-state index in [0.717, 1.165) is 23.0 Å². The minimum Gasteiger partial charge on any atom is -0.386 e. The van der Waals surface area contributed by atoms with E-state index in [1.165, 1.54) is 12.8 Å². The van der Waals surface area contributed by atoms with Crippen LogP contribution >= 0.6 is 15.9 Å². The molecule has 1 aliphatic carbocycles. The maximum absolute atomic E-state index is 10.7. The predicted octanol–water partition coefficient (Wildman–Crippen LogP) is 3.15. The van der Waals surface area contributed by atoms with Crippen LogP contribution in [0.1, 0.15) is 44.4 Å². The van der Waals surface area contributed by atoms with Crippen molar-refractivity contribution >= 4 is 15.9 Å². The van der Waals surface area contributed by atoms with Crippen molar-refractivity contribution in [3.63, 3.8) is 0 Å². The minimum atomic E-state index is -0.434. The summed E-state index contributed by atoms with van der Waals surface area (Å²) in [5, 5.41) is 15.0. The van der Waals surface area contributed by atoms with Crippen LogP contribution in [-0.2, 0) is 11.3 Å². The van der Waals surface area contributed by atoms with Crippen molar-refractivity contribution in [2.75, 3.05) is 13.7 Å². The maximum atomic E-state index is 10.7. The first-order chi connectivity index (χ1) is 9.13. The zero-order chi connectivity index (χ0) is 13.8. The molecule has 0 amide bonds. The van der Waals surface area contributed by atoms with Gasteiger partial charge in [0.1, 0.15) is 0 Å². The number of aliphatic hydroxyl groups is 1. The lowest BCUT2D eigenvalue weighted by Crippen LogP contribution is -2.23. The zero-order valence-corrected chi connectivity index (χ0v) is 13.3. The predicted molar refractivity (Wildman–Crippen MR) is 77.9 cm³/mol. The molecule has 4 nitrogen and oxygen atoms in total. The van der Waals surface area contributed by atoms with Gasteiger partial charge in [0, 0.05) is 7.11 Å². The van der Waals surface area contributed by atoms with Crippen molar-refractivity contribution in [2.24, 2.45) is 11.8 Å². The van der Waals surface area contributed by atoms with E-state index in [-0.39, 0.29) is 0 Å². The SMILES string of the molecule is COCCn1ncc(Br)c1C(O)C1CCCC(C)C1. The van der Waals surface area contributed by atoms with Crippen molar-refractivity contribution in [3.05, 3.63) is 16.4 Å². The Hall–Kier alpha value is -0.390. The lowest BCUT2D eigenvalue weighted by Gasteiger charge is -2.30. The first kappa shape index (κ1) is 15.0. The summed E-state index contributed by atoms with van der Waals surface area (Å²) in [6.07, 6.45) is 6.04. The van der Waals surface area contributed by atoms with Crippen molar-refractivity contribution in [1.29, 1.82) is 0 Å². The number of hydrogen-bond acceptors (Lipinski definition) is 3. The summed E-state index contributed by atoms with van der Waals surface area (Å²) in [4.78, 5) is 0. The van der Waals surface area contributed by atoms with Gasteiger partial charge in [0.15, 0.2) is 0 Å². The molecule has 5 heteroatoms. The van der Waals surface area contributed by atoms with Crippen LogP contribution in [0.25, 0.3) is 0 Å². The Morgan fingerprint density at radius 1 is 1.58 bits per heavy atom. The maximum Gasteiger partial charge on any atom is 0.0996 e. The molecule has 1 fully saturated rings. The van der Waals surface area contributed by atoms with Gasteiger partial charge >= 0.3 is 0 Å². The Balaban J connectivity index is 2.12. The highest BCUT2D eigenvalue weighted by Gasteiger charge is 2.29. The Bertz CT molecular complexity index is 408. The molecule has 1 heterocycles. The zero-order valence-electron chi connectivity index (χ0n) is 11.7. The van der Waals surface area contributed by atoms with Crippen LogP contribution in [0, 0.1) is 11.8 Å². The molecular formula is C14H23BrN2O2. The van der Waals surface area contributed by atoms with Gasteiger partial charge in [-0.1, -0.05) is 19.8 Å². The Labute approximate surface area is 123 Å². The smallest absolute Gasteiger partial charge is 0.0996 e. The summed E-state index contributed by atoms with van der Waals surface area (Å²) in [5.41, 5.74) is 0.899. The fourth-order valence-corrected chi connectivity index (χ4v) is 3.54. The summed E-state index contributed by atoms with van der Waals surface area (Å²) in [5.74, 6) is 1.06. The third-order valence-corrected chi connectivity index (χ3v) is 4.66. The van der Waals surface area contributed by atoms with Gasteiger partial charge in [-0.25, -0.2) is 0 Å². The third kappa shape index (κ3) is 3.58. The van der Waals surface area contributed by atoms with Crippen LogP contribution in [-0.4, -0.2) is 28.6 Å². The summed E-state index contributed by atoms with van der Waals surface area (Å²) in [6, 6.07) is 0. The molecule has 0 spiro atoms. The standard InChI is InChI=1S/C14H23BrN2O2/c1-10-4-3-5-11(8-10)14(18)13-12(15)9-16-17(13)6-7-19-2/h9-11,14,18H,3-8H2,1-2H3. The van der Waals surface area contributed by atoms with Crippen molar-refractivity contribution in [2.45, 2.75) is 45.3 Å². The van der Waals surface area contributed by atoms with Gasteiger partial charge in [0.25, 0.3) is 0 Å². The van der Waals surface area contributed by atoms with Gasteiger partial charge < -0.3 is 9.84 Å². The van der Waals surface area contributed by atoms with E-state index >= 15 is 0 Å². The monoisotopic (exact) mass is 330 g/mol. The van der Waals surface area contributed by atoms with Crippen LogP contribution in [0.3, 0.4) is 0 Å². The molecule has 108 valence electrons. The lowest BCUT2D eigenvalue weighted by atomic mass is 9.79. The van der Waals surface area contributed by atoms with Gasteiger partial charge in [0.2, 0.25) is 0 Å². The normalized spacial score (nSPS) is 25.5. The van der Waals surface area contributed by atoms with Gasteiger partial charge in [-0.15, -0.1) is 0 Å². The topological polar surface area (TPSA) is 47.3 Å². The Morgan fingerprint density at radius 3 is 3.05 bits per heavy atom. The molecule has 3 atom stereocenters. The molecule has 19 heavy (non-hydrogen) atoms. The third-order valence-electron chi connectivity index (χ3n) is 4.04. The van der Waals surface area contributed by atoms with Gasteiger partial charge in [-0.05, 0) is 40.6 Å². The van der Waals surface area contributed by atoms with E-state index in [2.05, 4.69) is 28.0 Å². The second-order valence-electron chi connectivity index (χ2n) is 5.57. The highest BCUT2D eigenvalue weighted by molar-refractivity contribution is 9.10. The molecule has 1 N–H and O–H groups in total. The molecule has 0 aliphatic heterocycles. The van der Waals surface area contributed by atoms with Crippen LogP contribution in [0.2, 0.25) is 0 Å². The molecule has 1 aliphatic rings. The van der Waals surface area contributed by atoms with Gasteiger partial charge in [-0.3, -0.25) is 4.68 Å². The molecule has 0 radical (unpaired) electrons. The number of rotatable bonds is 5. The van der Waals surface area contributed by atoms with E-state index in [4.69, 9.17) is 4.74 Å². The molecule has 1 aromatic heterocycles. The highest BCUT2D eigenvalue weighted by atomic mass is 79.9. The van der Waals surface area contributed by atoms with Gasteiger partial charge in [0.05, 0.1) is 35.6 Å². The minimum absolute atomic E-state index is 0.345. The van der Waals surface area contributed by atoms with E-state index in [9.17, 15) is 5.11 Å². The summed E-state index contributed by atoms with van der Waals surface area (Å²) >= 11 is 3.51. The fourth-order valence-electron chi connectivity index (χ4n) is 3.01. The molecule has 3 unspecified atom stereocenters. The summed E-state index contributed by atoms with van der Waals surface area (Å²) in [6.45, 7) is 3.56. The summed E-state index contributed by atoms with van der Waals surface area (Å²) < 4.78 is 7.85. The van der Waals surface area contributed by atoms with Crippen molar-refractivity contribution < 1.29 is 9.84 Å². The number of aromatic nitrogens is 2. The first-order valence-electron chi connectivity index (χ1n) is 7.01. The molecule has 0 saturated heterocycles. The number of halogens is 1. The second-order valence-corrected chi connectivity index (χ2v) is 6.42. The molecule has 2 rings (SSSR count). The number of nitrogens with zero attached hydrogens (tertiary/aromatic N) is 2. The van der Waals surface area contributed by atoms with Crippen LogP contribution in [0.15, 0.2) is 10.7 Å². The number of hydrogen-bond donors (Lipinski definition) is 1. The Kier molecular flexibility index (Phi) is 5.42. The van der Waals surface area contributed by atoms with Crippen LogP contribution < -0.4 is 0 Å². The first-order valence-corrected chi connectivity index (χ1v) is 7.81. The summed E-state index contributed by atoms with van der Waals surface area (Å²) in [7, 11) is 1.68. The van der Waals surface area contributed by atoms with Gasteiger partial charge in [-0.2, -0.15) is 5.10 Å². The number of ether oxygens (including phenoxy) is 1.